The van der Waals surface area contributed by atoms with E-state index in [1.165, 1.54) is 6.07 Å². The Balaban J connectivity index is 2.06. The minimum atomic E-state index is -0.465. The van der Waals surface area contributed by atoms with Gasteiger partial charge in [0.05, 0.1) is 17.6 Å². The van der Waals surface area contributed by atoms with Gasteiger partial charge < -0.3 is 14.9 Å². The Morgan fingerprint density at radius 1 is 1.47 bits per heavy atom. The predicted octanol–water partition coefficient (Wildman–Crippen LogP) is 1.58. The summed E-state index contributed by atoms with van der Waals surface area (Å²) < 4.78 is 11.0. The summed E-state index contributed by atoms with van der Waals surface area (Å²) in [7, 11) is 0. The summed E-state index contributed by atoms with van der Waals surface area (Å²) in [4.78, 5) is 10.4. The van der Waals surface area contributed by atoms with Gasteiger partial charge in [0.25, 0.3) is 5.69 Å². The smallest absolute Gasteiger partial charge is 0.294 e. The standard InChI is InChI=1S/C12H17N3O4/c13-14-12-9(2-1-3-11(12)15(16)17)8-19-10-4-6-18-7-5-10/h1-3,10,14H,4-8,13H2. The minimum Gasteiger partial charge on any atom is -0.381 e. The average Bonchev–Trinajstić information content (AvgIpc) is 2.45. The van der Waals surface area contributed by atoms with E-state index in [1.807, 2.05) is 0 Å². The number of hydrazine groups is 1. The van der Waals surface area contributed by atoms with Gasteiger partial charge in [0.15, 0.2) is 0 Å². The highest BCUT2D eigenvalue weighted by atomic mass is 16.6. The first-order valence-corrected chi connectivity index (χ1v) is 6.14. The predicted molar refractivity (Wildman–Crippen MR) is 69.5 cm³/mol. The molecule has 0 aliphatic carbocycles. The maximum atomic E-state index is 10.9. The Labute approximate surface area is 110 Å². The first kappa shape index (κ1) is 13.7. The Bertz CT molecular complexity index is 447. The Kier molecular flexibility index (Phi) is 4.67. The summed E-state index contributed by atoms with van der Waals surface area (Å²) in [6.45, 7) is 1.69. The number of nitrogen functional groups attached to an aromatic ring is 1. The Hall–Kier alpha value is -1.70. The molecule has 1 aromatic rings. The van der Waals surface area contributed by atoms with Gasteiger partial charge in [-0.05, 0) is 12.8 Å². The van der Waals surface area contributed by atoms with E-state index >= 15 is 0 Å². The molecule has 19 heavy (non-hydrogen) atoms. The molecule has 0 aromatic heterocycles. The van der Waals surface area contributed by atoms with Crippen molar-refractivity contribution in [3.8, 4) is 0 Å². The fourth-order valence-corrected chi connectivity index (χ4v) is 2.08. The third kappa shape index (κ3) is 3.40. The summed E-state index contributed by atoms with van der Waals surface area (Å²) in [6.07, 6.45) is 1.83. The van der Waals surface area contributed by atoms with Crippen LogP contribution in [0.15, 0.2) is 18.2 Å². The van der Waals surface area contributed by atoms with E-state index in [0.717, 1.165) is 12.8 Å². The normalized spacial score (nSPS) is 16.3. The van der Waals surface area contributed by atoms with Gasteiger partial charge >= 0.3 is 0 Å². The number of nitrogens with two attached hydrogens (primary N) is 1. The molecule has 104 valence electrons. The number of hydrogen-bond acceptors (Lipinski definition) is 6. The van der Waals surface area contributed by atoms with Crippen LogP contribution < -0.4 is 11.3 Å². The number of ether oxygens (including phenoxy) is 2. The number of nitrogens with one attached hydrogen (secondary N) is 1. The molecule has 1 fully saturated rings. The molecule has 0 saturated carbocycles. The van der Waals surface area contributed by atoms with Crippen LogP contribution in [-0.4, -0.2) is 24.2 Å². The highest BCUT2D eigenvalue weighted by molar-refractivity contribution is 5.65. The molecule has 1 saturated heterocycles. The summed E-state index contributed by atoms with van der Waals surface area (Å²) in [6, 6.07) is 4.80. The zero-order chi connectivity index (χ0) is 13.7. The molecule has 0 amide bonds. The van der Waals surface area contributed by atoms with E-state index in [4.69, 9.17) is 15.3 Å². The van der Waals surface area contributed by atoms with E-state index in [2.05, 4.69) is 5.43 Å². The molecule has 0 unspecified atom stereocenters. The SMILES string of the molecule is NNc1c(COC2CCOCC2)cccc1[N+](=O)[O-]. The third-order valence-electron chi connectivity index (χ3n) is 3.11. The topological polar surface area (TPSA) is 99.7 Å². The van der Waals surface area contributed by atoms with Crippen LogP contribution in [0.1, 0.15) is 18.4 Å². The second kappa shape index (κ2) is 6.46. The largest absolute Gasteiger partial charge is 0.381 e. The molecular formula is C12H17N3O4. The summed E-state index contributed by atoms with van der Waals surface area (Å²) in [5.41, 5.74) is 3.33. The van der Waals surface area contributed by atoms with Crippen molar-refractivity contribution < 1.29 is 14.4 Å². The van der Waals surface area contributed by atoms with Crippen LogP contribution in [0.3, 0.4) is 0 Å². The van der Waals surface area contributed by atoms with Crippen molar-refractivity contribution in [3.63, 3.8) is 0 Å². The Morgan fingerprint density at radius 2 is 2.21 bits per heavy atom. The summed E-state index contributed by atoms with van der Waals surface area (Å²) in [5.74, 6) is 5.37. The molecule has 0 bridgehead atoms. The van der Waals surface area contributed by atoms with E-state index in [9.17, 15) is 10.1 Å². The van der Waals surface area contributed by atoms with Gasteiger partial charge in [0.2, 0.25) is 0 Å². The number of rotatable bonds is 5. The molecule has 0 spiro atoms. The van der Waals surface area contributed by atoms with Gasteiger partial charge in [-0.3, -0.25) is 16.0 Å². The highest BCUT2D eigenvalue weighted by Gasteiger charge is 2.19. The molecule has 3 N–H and O–H groups in total. The molecule has 1 heterocycles. The lowest BCUT2D eigenvalue weighted by Gasteiger charge is -2.22. The van der Waals surface area contributed by atoms with Crippen LogP contribution >= 0.6 is 0 Å². The van der Waals surface area contributed by atoms with Gasteiger partial charge in [-0.25, -0.2) is 0 Å². The summed E-state index contributed by atoms with van der Waals surface area (Å²) >= 11 is 0. The van der Waals surface area contributed by atoms with E-state index in [-0.39, 0.29) is 11.8 Å². The van der Waals surface area contributed by atoms with Gasteiger partial charge in [-0.15, -0.1) is 0 Å². The van der Waals surface area contributed by atoms with Gasteiger partial charge in [0, 0.05) is 24.8 Å². The van der Waals surface area contributed by atoms with Crippen LogP contribution in [0.25, 0.3) is 0 Å². The fourth-order valence-electron chi connectivity index (χ4n) is 2.08. The highest BCUT2D eigenvalue weighted by Crippen LogP contribution is 2.28. The molecule has 0 radical (unpaired) electrons. The average molecular weight is 267 g/mol. The van der Waals surface area contributed by atoms with Crippen molar-refractivity contribution in [1.29, 1.82) is 0 Å². The number of hydrogen-bond donors (Lipinski definition) is 2. The minimum absolute atomic E-state index is 0.0458. The van der Waals surface area contributed by atoms with Crippen molar-refractivity contribution in [3.05, 3.63) is 33.9 Å². The van der Waals surface area contributed by atoms with E-state index in [1.54, 1.807) is 12.1 Å². The lowest BCUT2D eigenvalue weighted by molar-refractivity contribution is -0.384. The quantitative estimate of drug-likeness (QED) is 0.477. The van der Waals surface area contributed by atoms with Gasteiger partial charge in [0.1, 0.15) is 5.69 Å². The van der Waals surface area contributed by atoms with Crippen LogP contribution in [0, 0.1) is 10.1 Å². The number of nitro benzene ring substituents is 1. The third-order valence-corrected chi connectivity index (χ3v) is 3.11. The Morgan fingerprint density at radius 3 is 2.84 bits per heavy atom. The zero-order valence-corrected chi connectivity index (χ0v) is 10.5. The second-order valence-electron chi connectivity index (χ2n) is 4.34. The van der Waals surface area contributed by atoms with Crippen molar-refractivity contribution in [2.75, 3.05) is 18.6 Å². The molecule has 7 heteroatoms. The maximum absolute atomic E-state index is 10.9. The van der Waals surface area contributed by atoms with Crippen molar-refractivity contribution in [2.24, 2.45) is 5.84 Å². The zero-order valence-electron chi connectivity index (χ0n) is 10.5. The first-order chi connectivity index (χ1) is 9.22. The lowest BCUT2D eigenvalue weighted by atomic mass is 10.1. The van der Waals surface area contributed by atoms with Crippen LogP contribution in [-0.2, 0) is 16.1 Å². The summed E-state index contributed by atoms with van der Waals surface area (Å²) in [5, 5.41) is 10.9. The second-order valence-corrected chi connectivity index (χ2v) is 4.34. The number of anilines is 1. The van der Waals surface area contributed by atoms with Crippen molar-refractivity contribution in [2.45, 2.75) is 25.6 Å². The molecule has 0 atom stereocenters. The monoisotopic (exact) mass is 267 g/mol. The van der Waals surface area contributed by atoms with Crippen molar-refractivity contribution >= 4 is 11.4 Å². The maximum Gasteiger partial charge on any atom is 0.294 e. The van der Waals surface area contributed by atoms with Crippen molar-refractivity contribution in [1.82, 2.24) is 0 Å². The molecule has 7 nitrogen and oxygen atoms in total. The van der Waals surface area contributed by atoms with Crippen LogP contribution in [0.4, 0.5) is 11.4 Å². The van der Waals surface area contributed by atoms with E-state index < -0.39 is 4.92 Å². The lowest BCUT2D eigenvalue weighted by Crippen LogP contribution is -2.23. The van der Waals surface area contributed by atoms with Gasteiger partial charge in [-0.2, -0.15) is 0 Å². The molecule has 2 rings (SSSR count). The fraction of sp³-hybridized carbons (Fsp3) is 0.500. The first-order valence-electron chi connectivity index (χ1n) is 6.14. The van der Waals surface area contributed by atoms with Gasteiger partial charge in [-0.1, -0.05) is 12.1 Å². The number of nitro groups is 1. The number of nitrogens with zero attached hydrogens (tertiary/aromatic N) is 1. The molecule has 1 aliphatic heterocycles. The van der Waals surface area contributed by atoms with E-state index in [0.29, 0.717) is 31.1 Å². The number of para-hydroxylation sites is 1. The number of benzene rings is 1. The van der Waals surface area contributed by atoms with Crippen LogP contribution in [0.5, 0.6) is 0 Å². The molecular weight excluding hydrogens is 250 g/mol. The van der Waals surface area contributed by atoms with Crippen LogP contribution in [0.2, 0.25) is 0 Å². The molecule has 1 aromatic carbocycles. The molecule has 1 aliphatic rings.